The molecule has 1 fully saturated rings. The second-order valence-electron chi connectivity index (χ2n) is 13.4. The molecule has 1 aliphatic rings. The van der Waals surface area contributed by atoms with Crippen LogP contribution < -0.4 is 9.38 Å². The number of hydroxylamine groups is 4. The molecule has 1 saturated heterocycles. The number of amides is 1. The first-order chi connectivity index (χ1) is 25.1. The standard InChI is InChI=1S/C39H39Cl2F3N4O5/c1-46(53-38(50)39(42,43)44)37(49)35-27-12-6-5-11-26(27)29(30(23-45)36(35)52-4)21-25(24-16-17-31(40)32(41)22-24)18-20-47-19-10-9-14-33(47)28-13-7-8-15-34(28)48(2,3)51/h5-8,11-13,15-17,22,25,33H,9-10,14,18-21H2,1-4H3/t25?,33-/m0/s1. The van der Waals surface area contributed by atoms with E-state index in [4.69, 9.17) is 27.9 Å². The lowest BCUT2D eigenvalue weighted by Crippen LogP contribution is -2.38. The minimum absolute atomic E-state index is 0.00961. The zero-order valence-corrected chi connectivity index (χ0v) is 31.2. The molecule has 4 aromatic rings. The first kappa shape index (κ1) is 39.8. The van der Waals surface area contributed by atoms with E-state index in [9.17, 15) is 33.2 Å². The quantitative estimate of drug-likeness (QED) is 0.117. The molecule has 280 valence electrons. The first-order valence-corrected chi connectivity index (χ1v) is 17.7. The Labute approximate surface area is 316 Å². The van der Waals surface area contributed by atoms with E-state index < -0.39 is 22.7 Å². The third-order valence-corrected chi connectivity index (χ3v) is 10.4. The number of halogens is 5. The zero-order chi connectivity index (χ0) is 38.7. The van der Waals surface area contributed by atoms with Crippen LogP contribution in [0.2, 0.25) is 10.0 Å². The monoisotopic (exact) mass is 770 g/mol. The smallest absolute Gasteiger partial charge is 0.493 e. The van der Waals surface area contributed by atoms with Crippen LogP contribution in [-0.2, 0) is 16.1 Å². The molecule has 53 heavy (non-hydrogen) atoms. The number of carbonyl (C=O) groups is 2. The highest BCUT2D eigenvalue weighted by molar-refractivity contribution is 6.42. The van der Waals surface area contributed by atoms with Gasteiger partial charge in [0.25, 0.3) is 5.91 Å². The van der Waals surface area contributed by atoms with Crippen molar-refractivity contribution in [2.24, 2.45) is 0 Å². The summed E-state index contributed by atoms with van der Waals surface area (Å²) in [5, 5.41) is 25.4. The van der Waals surface area contributed by atoms with Gasteiger partial charge in [0.2, 0.25) is 0 Å². The predicted octanol–water partition coefficient (Wildman–Crippen LogP) is 9.13. The molecule has 0 bridgehead atoms. The molecule has 0 N–H and O–H groups in total. The second kappa shape index (κ2) is 16.3. The van der Waals surface area contributed by atoms with Crippen LogP contribution in [0.1, 0.15) is 70.3 Å². The van der Waals surface area contributed by atoms with E-state index in [1.165, 1.54) is 7.11 Å². The minimum Gasteiger partial charge on any atom is -0.628 e. The number of ether oxygens (including phenoxy) is 1. The van der Waals surface area contributed by atoms with E-state index in [0.717, 1.165) is 44.0 Å². The molecule has 0 radical (unpaired) electrons. The minimum atomic E-state index is -5.34. The number of nitrogens with zero attached hydrogens (tertiary/aromatic N) is 4. The summed E-state index contributed by atoms with van der Waals surface area (Å²) < 4.78 is 44.1. The van der Waals surface area contributed by atoms with Crippen LogP contribution >= 0.6 is 23.2 Å². The molecule has 1 heterocycles. The van der Waals surface area contributed by atoms with Gasteiger partial charge in [-0.15, -0.1) is 0 Å². The van der Waals surface area contributed by atoms with Gasteiger partial charge in [-0.05, 0) is 84.8 Å². The molecular formula is C39H39Cl2F3N4O5. The Balaban J connectivity index is 1.58. The van der Waals surface area contributed by atoms with E-state index >= 15 is 0 Å². The number of alkyl halides is 3. The lowest BCUT2D eigenvalue weighted by molar-refractivity contribution is -0.225. The van der Waals surface area contributed by atoms with Crippen molar-refractivity contribution < 1.29 is 32.3 Å². The molecular weight excluding hydrogens is 732 g/mol. The van der Waals surface area contributed by atoms with Crippen molar-refractivity contribution in [3.63, 3.8) is 0 Å². The van der Waals surface area contributed by atoms with Gasteiger partial charge in [0.15, 0.2) is 0 Å². The van der Waals surface area contributed by atoms with Crippen LogP contribution in [0.25, 0.3) is 10.8 Å². The van der Waals surface area contributed by atoms with Crippen molar-refractivity contribution in [2.75, 3.05) is 41.3 Å². The SMILES string of the molecule is COc1c(C#N)c(CC(CCN2CCCC[C@H]2c2ccccc2[N+](C)(C)[O-])c2ccc(Cl)c(Cl)c2)c2ccccc2c1C(=O)N(C)OC(=O)C(F)(F)F. The Hall–Kier alpha value is -4.38. The van der Waals surface area contributed by atoms with Gasteiger partial charge in [0.1, 0.15) is 17.5 Å². The third-order valence-electron chi connectivity index (χ3n) is 9.66. The summed E-state index contributed by atoms with van der Waals surface area (Å²) in [4.78, 5) is 31.9. The number of fused-ring (bicyclic) bond motifs is 1. The summed E-state index contributed by atoms with van der Waals surface area (Å²) in [5.41, 5.74) is 2.88. The molecule has 0 spiro atoms. The van der Waals surface area contributed by atoms with E-state index in [1.807, 2.05) is 30.3 Å². The lowest BCUT2D eigenvalue weighted by atomic mass is 9.83. The fraction of sp³-hybridized carbons (Fsp3) is 0.359. The Morgan fingerprint density at radius 2 is 1.74 bits per heavy atom. The number of rotatable bonds is 10. The van der Waals surface area contributed by atoms with Gasteiger partial charge < -0.3 is 19.4 Å². The number of para-hydroxylation sites is 1. The van der Waals surface area contributed by atoms with Crippen molar-refractivity contribution in [3.8, 4) is 11.8 Å². The van der Waals surface area contributed by atoms with E-state index in [1.54, 1.807) is 50.5 Å². The van der Waals surface area contributed by atoms with Crippen molar-refractivity contribution in [1.82, 2.24) is 14.6 Å². The van der Waals surface area contributed by atoms with Crippen LogP contribution in [0, 0.1) is 16.5 Å². The number of hydrogen-bond donors (Lipinski definition) is 0. The van der Waals surface area contributed by atoms with Crippen LogP contribution in [0.4, 0.5) is 18.9 Å². The van der Waals surface area contributed by atoms with Gasteiger partial charge in [0.05, 0.1) is 42.4 Å². The van der Waals surface area contributed by atoms with Crippen LogP contribution in [0.3, 0.4) is 0 Å². The van der Waals surface area contributed by atoms with Gasteiger partial charge in [-0.25, -0.2) is 4.79 Å². The summed E-state index contributed by atoms with van der Waals surface area (Å²) in [6, 6.07) is 22.0. The fourth-order valence-electron chi connectivity index (χ4n) is 7.20. The molecule has 4 aromatic carbocycles. The molecule has 0 aromatic heterocycles. The van der Waals surface area contributed by atoms with E-state index in [-0.39, 0.29) is 45.7 Å². The van der Waals surface area contributed by atoms with Crippen molar-refractivity contribution in [2.45, 2.75) is 50.2 Å². The normalized spacial score (nSPS) is 15.8. The highest BCUT2D eigenvalue weighted by atomic mass is 35.5. The second-order valence-corrected chi connectivity index (χ2v) is 14.2. The predicted molar refractivity (Wildman–Crippen MR) is 199 cm³/mol. The highest BCUT2D eigenvalue weighted by Gasteiger charge is 2.43. The van der Waals surface area contributed by atoms with E-state index in [2.05, 4.69) is 15.8 Å². The average Bonchev–Trinajstić information content (AvgIpc) is 3.13. The summed E-state index contributed by atoms with van der Waals surface area (Å²) in [7, 11) is 5.36. The summed E-state index contributed by atoms with van der Waals surface area (Å²) in [6.45, 7) is 1.46. The lowest BCUT2D eigenvalue weighted by Gasteiger charge is -2.41. The first-order valence-electron chi connectivity index (χ1n) is 17.0. The molecule has 9 nitrogen and oxygen atoms in total. The van der Waals surface area contributed by atoms with Gasteiger partial charge in [-0.2, -0.15) is 23.5 Å². The summed E-state index contributed by atoms with van der Waals surface area (Å²) in [6.07, 6.45) is -1.56. The molecule has 0 aliphatic carbocycles. The van der Waals surface area contributed by atoms with Crippen LogP contribution in [0.15, 0.2) is 66.7 Å². The fourth-order valence-corrected chi connectivity index (χ4v) is 7.50. The topological polar surface area (TPSA) is 106 Å². The van der Waals surface area contributed by atoms with Gasteiger partial charge in [0, 0.05) is 18.7 Å². The summed E-state index contributed by atoms with van der Waals surface area (Å²) >= 11 is 12.9. The Bertz CT molecular complexity index is 2050. The number of benzene rings is 4. The number of hydrogen-bond acceptors (Lipinski definition) is 7. The zero-order valence-electron chi connectivity index (χ0n) is 29.7. The summed E-state index contributed by atoms with van der Waals surface area (Å²) in [5.74, 6) is -4.10. The third kappa shape index (κ3) is 8.72. The number of methoxy groups -OCH3 is 1. The van der Waals surface area contributed by atoms with Crippen molar-refractivity contribution in [3.05, 3.63) is 110 Å². The van der Waals surface area contributed by atoms with Gasteiger partial charge >= 0.3 is 12.1 Å². The number of nitriles is 1. The Kier molecular flexibility index (Phi) is 12.3. The maximum atomic E-state index is 13.6. The average molecular weight is 772 g/mol. The Morgan fingerprint density at radius 1 is 1.06 bits per heavy atom. The van der Waals surface area contributed by atoms with Gasteiger partial charge in [-0.1, -0.05) is 78.2 Å². The largest absolute Gasteiger partial charge is 0.628 e. The van der Waals surface area contributed by atoms with Gasteiger partial charge in [-0.3, -0.25) is 9.69 Å². The maximum Gasteiger partial charge on any atom is 0.493 e. The molecule has 2 atom stereocenters. The molecule has 0 saturated carbocycles. The van der Waals surface area contributed by atoms with Crippen LogP contribution in [0.5, 0.6) is 5.75 Å². The maximum absolute atomic E-state index is 13.6. The molecule has 1 amide bonds. The van der Waals surface area contributed by atoms with Crippen molar-refractivity contribution >= 4 is 51.5 Å². The van der Waals surface area contributed by atoms with Crippen LogP contribution in [-0.4, -0.2) is 69.4 Å². The number of likely N-dealkylation sites (tertiary alicyclic amines) is 1. The number of carbonyl (C=O) groups excluding carboxylic acids is 2. The molecule has 14 heteroatoms. The highest BCUT2D eigenvalue weighted by Crippen LogP contribution is 2.42. The molecule has 5 rings (SSSR count). The molecule has 1 aliphatic heterocycles. The van der Waals surface area contributed by atoms with Crippen molar-refractivity contribution in [1.29, 1.82) is 5.26 Å². The number of piperidine rings is 1. The van der Waals surface area contributed by atoms with E-state index in [0.29, 0.717) is 39.6 Å². The Morgan fingerprint density at radius 3 is 2.38 bits per heavy atom. The number of quaternary nitrogens is 1. The molecule has 1 unspecified atom stereocenters.